The predicted octanol–water partition coefficient (Wildman–Crippen LogP) is 4.58. The highest BCUT2D eigenvalue weighted by molar-refractivity contribution is 6.89. The highest BCUT2D eigenvalue weighted by atomic mass is 28.5. The van der Waals surface area contributed by atoms with Gasteiger partial charge in [-0.1, -0.05) is 0 Å². The summed E-state index contributed by atoms with van der Waals surface area (Å²) in [6.07, 6.45) is 1.15. The molecule has 0 N–H and O–H groups in total. The van der Waals surface area contributed by atoms with E-state index >= 15 is 0 Å². The molecule has 140 valence electrons. The van der Waals surface area contributed by atoms with Gasteiger partial charge in [-0.2, -0.15) is 0 Å². The molecule has 0 spiro atoms. The monoisotopic (exact) mass is 396 g/mol. The summed E-state index contributed by atoms with van der Waals surface area (Å²) in [5.74, 6) is 0. The van der Waals surface area contributed by atoms with Gasteiger partial charge in [0.05, 0.1) is 27.7 Å². The first-order valence-electron chi connectivity index (χ1n) is 8.74. The molecule has 1 atom stereocenters. The molecule has 0 aliphatic carbocycles. The standard InChI is InChI=1S/C15H42NO3Si4/c1-16(2,3)14-13-15-23(12,18-21(7,8)9)19-22(10,11)17-20(4,5)6/h13-15H2,1-12H3/q+1. The van der Waals surface area contributed by atoms with Gasteiger partial charge in [0.15, 0.2) is 16.6 Å². The second-order valence-electron chi connectivity index (χ2n) is 10.2. The van der Waals surface area contributed by atoms with Gasteiger partial charge in [-0.25, -0.2) is 0 Å². The number of hydrogen-bond donors (Lipinski definition) is 0. The topological polar surface area (TPSA) is 27.7 Å². The molecule has 8 heteroatoms. The van der Waals surface area contributed by atoms with E-state index in [9.17, 15) is 0 Å². The molecule has 0 aromatic heterocycles. The molecule has 0 aromatic rings. The zero-order valence-corrected chi connectivity index (χ0v) is 21.8. The molecule has 0 amide bonds. The van der Waals surface area contributed by atoms with Gasteiger partial charge >= 0.3 is 17.1 Å². The van der Waals surface area contributed by atoms with Crippen molar-refractivity contribution in [2.24, 2.45) is 0 Å². The van der Waals surface area contributed by atoms with Gasteiger partial charge in [-0.05, 0) is 71.4 Å². The molecule has 0 rings (SSSR count). The van der Waals surface area contributed by atoms with Crippen LogP contribution in [0.4, 0.5) is 0 Å². The van der Waals surface area contributed by atoms with Crippen LogP contribution in [0.3, 0.4) is 0 Å². The van der Waals surface area contributed by atoms with Crippen LogP contribution in [0, 0.1) is 0 Å². The fourth-order valence-corrected chi connectivity index (χ4v) is 20.9. The van der Waals surface area contributed by atoms with Crippen molar-refractivity contribution in [3.05, 3.63) is 0 Å². The van der Waals surface area contributed by atoms with Crippen LogP contribution < -0.4 is 0 Å². The van der Waals surface area contributed by atoms with Crippen LogP contribution in [0.25, 0.3) is 0 Å². The summed E-state index contributed by atoms with van der Waals surface area (Å²) in [4.78, 5) is 0. The number of hydrogen-bond acceptors (Lipinski definition) is 3. The first kappa shape index (κ1) is 23.7. The van der Waals surface area contributed by atoms with Crippen LogP contribution in [-0.4, -0.2) is 65.9 Å². The summed E-state index contributed by atoms with van der Waals surface area (Å²) in [5, 5.41) is 0. The van der Waals surface area contributed by atoms with Crippen molar-refractivity contribution >= 4 is 33.8 Å². The SMILES string of the molecule is C[N+](C)(C)CCC[Si](C)(O[Si](C)(C)C)O[Si](C)(C)O[Si](C)(C)C. The van der Waals surface area contributed by atoms with Gasteiger partial charge in [0.2, 0.25) is 0 Å². The zero-order chi connectivity index (χ0) is 18.7. The van der Waals surface area contributed by atoms with E-state index in [1.807, 2.05) is 0 Å². The van der Waals surface area contributed by atoms with E-state index in [0.29, 0.717) is 0 Å². The van der Waals surface area contributed by atoms with Gasteiger partial charge in [0.25, 0.3) is 0 Å². The van der Waals surface area contributed by atoms with Gasteiger partial charge in [-0.15, -0.1) is 0 Å². The quantitative estimate of drug-likeness (QED) is 0.399. The normalized spacial score (nSPS) is 17.2. The van der Waals surface area contributed by atoms with Gasteiger partial charge < -0.3 is 16.8 Å². The Kier molecular flexibility index (Phi) is 8.19. The molecule has 0 bridgehead atoms. The second-order valence-corrected chi connectivity index (χ2v) is 26.6. The molecule has 0 saturated heterocycles. The summed E-state index contributed by atoms with van der Waals surface area (Å²) in [6, 6.07) is 1.05. The Morgan fingerprint density at radius 2 is 1.09 bits per heavy atom. The first-order chi connectivity index (χ1) is 9.83. The lowest BCUT2D eigenvalue weighted by atomic mass is 10.4. The third-order valence-electron chi connectivity index (χ3n) is 3.00. The molecule has 0 fully saturated rings. The maximum atomic E-state index is 6.69. The Bertz CT molecular complexity index is 372. The Labute approximate surface area is 149 Å². The van der Waals surface area contributed by atoms with Crippen molar-refractivity contribution in [2.45, 2.75) is 71.4 Å². The molecule has 0 heterocycles. The fraction of sp³-hybridized carbons (Fsp3) is 1.00. The second kappa shape index (κ2) is 7.94. The maximum Gasteiger partial charge on any atom is 0.316 e. The molecule has 23 heavy (non-hydrogen) atoms. The minimum Gasteiger partial charge on any atom is -0.437 e. The lowest BCUT2D eigenvalue weighted by Crippen LogP contribution is -2.57. The molecule has 0 aromatic carbocycles. The van der Waals surface area contributed by atoms with Crippen molar-refractivity contribution in [3.8, 4) is 0 Å². The number of rotatable bonds is 10. The van der Waals surface area contributed by atoms with Crippen LogP contribution in [-0.2, 0) is 12.3 Å². The Morgan fingerprint density at radius 3 is 1.43 bits per heavy atom. The van der Waals surface area contributed by atoms with E-state index in [-0.39, 0.29) is 0 Å². The number of nitrogens with zero attached hydrogens (tertiary/aromatic N) is 1. The highest BCUT2D eigenvalue weighted by Crippen LogP contribution is 2.27. The largest absolute Gasteiger partial charge is 0.437 e. The highest BCUT2D eigenvalue weighted by Gasteiger charge is 2.44. The van der Waals surface area contributed by atoms with E-state index < -0.39 is 33.8 Å². The summed E-state index contributed by atoms with van der Waals surface area (Å²) in [7, 11) is -0.875. The van der Waals surface area contributed by atoms with E-state index in [0.717, 1.165) is 23.5 Å². The van der Waals surface area contributed by atoms with Crippen molar-refractivity contribution in [1.29, 1.82) is 0 Å². The third-order valence-corrected chi connectivity index (χ3v) is 16.5. The molecular formula is C15H42NO3Si4+. The van der Waals surface area contributed by atoms with Crippen molar-refractivity contribution in [2.75, 3.05) is 27.7 Å². The average Bonchev–Trinajstić information content (AvgIpc) is 2.03. The summed E-state index contributed by atoms with van der Waals surface area (Å²) in [5.41, 5.74) is 0. The molecule has 4 nitrogen and oxygen atoms in total. The van der Waals surface area contributed by atoms with Crippen LogP contribution in [0.15, 0.2) is 0 Å². The molecular weight excluding hydrogens is 355 g/mol. The van der Waals surface area contributed by atoms with E-state index in [2.05, 4.69) is 80.1 Å². The average molecular weight is 397 g/mol. The zero-order valence-electron chi connectivity index (χ0n) is 17.8. The van der Waals surface area contributed by atoms with Gasteiger partial charge in [-0.3, -0.25) is 0 Å². The minimum atomic E-state index is -2.21. The van der Waals surface area contributed by atoms with E-state index in [4.69, 9.17) is 12.3 Å². The molecule has 1 unspecified atom stereocenters. The van der Waals surface area contributed by atoms with E-state index in [1.54, 1.807) is 0 Å². The number of quaternary nitrogens is 1. The van der Waals surface area contributed by atoms with Gasteiger partial charge in [0.1, 0.15) is 0 Å². The lowest BCUT2D eigenvalue weighted by molar-refractivity contribution is -0.870. The summed E-state index contributed by atoms with van der Waals surface area (Å²) < 4.78 is 20.7. The van der Waals surface area contributed by atoms with Crippen LogP contribution >= 0.6 is 0 Å². The fourth-order valence-electron chi connectivity index (χ4n) is 2.92. The van der Waals surface area contributed by atoms with Crippen LogP contribution in [0.1, 0.15) is 6.42 Å². The smallest absolute Gasteiger partial charge is 0.316 e. The Hall–Kier alpha value is 0.708. The predicted molar refractivity (Wildman–Crippen MR) is 111 cm³/mol. The summed E-state index contributed by atoms with van der Waals surface area (Å²) >= 11 is 0. The van der Waals surface area contributed by atoms with Crippen LogP contribution in [0.2, 0.25) is 65.0 Å². The molecule has 0 radical (unpaired) electrons. The maximum absolute atomic E-state index is 6.69. The summed E-state index contributed by atoms with van der Waals surface area (Å²) in [6.45, 7) is 21.3. The lowest BCUT2D eigenvalue weighted by Gasteiger charge is -2.41. The first-order valence-corrected chi connectivity index (χ1v) is 20.9. The van der Waals surface area contributed by atoms with Crippen LogP contribution in [0.5, 0.6) is 0 Å². The minimum absolute atomic E-state index is 0.990. The van der Waals surface area contributed by atoms with Crippen molar-refractivity contribution in [3.63, 3.8) is 0 Å². The molecule has 0 saturated carbocycles. The van der Waals surface area contributed by atoms with Gasteiger partial charge in [0, 0.05) is 0 Å². The molecule has 0 aliphatic rings. The Morgan fingerprint density at radius 1 is 0.652 bits per heavy atom. The van der Waals surface area contributed by atoms with Crippen molar-refractivity contribution in [1.82, 2.24) is 0 Å². The third kappa shape index (κ3) is 13.7. The van der Waals surface area contributed by atoms with E-state index in [1.165, 1.54) is 0 Å². The Balaban J connectivity index is 5.05. The van der Waals surface area contributed by atoms with Crippen molar-refractivity contribution < 1.29 is 16.8 Å². The molecule has 0 aliphatic heterocycles.